The summed E-state index contributed by atoms with van der Waals surface area (Å²) >= 11 is 0. The summed E-state index contributed by atoms with van der Waals surface area (Å²) in [4.78, 5) is 3.46. The third kappa shape index (κ3) is 6.30. The first-order valence-corrected chi connectivity index (χ1v) is 12.4. The van der Waals surface area contributed by atoms with Crippen LogP contribution in [0.15, 0.2) is 93.5 Å². The first kappa shape index (κ1) is 31.1. The van der Waals surface area contributed by atoms with Gasteiger partial charge in [0, 0.05) is 0 Å². The summed E-state index contributed by atoms with van der Waals surface area (Å²) in [7, 11) is -7.67. The SMILES string of the molecule is O=S(=O)([O-])C(F)(F)C(F)(F)C(F)(F)C(F)(F)F.Oc1ccc([S+](c2ccccc2)c2ccc(O)cc2)cc1. The second-order valence-electron chi connectivity index (χ2n) is 7.22. The zero-order valence-corrected chi connectivity index (χ0v) is 20.0. The van der Waals surface area contributed by atoms with Crippen molar-refractivity contribution in [2.75, 3.05) is 0 Å². The molecular formula is C22H15F9O5S2. The van der Waals surface area contributed by atoms with Gasteiger partial charge >= 0.3 is 23.3 Å². The van der Waals surface area contributed by atoms with E-state index >= 15 is 0 Å². The molecule has 0 heterocycles. The van der Waals surface area contributed by atoms with Gasteiger partial charge in [-0.25, -0.2) is 8.42 Å². The fourth-order valence-corrected chi connectivity index (χ4v) is 5.15. The standard InChI is InChI=1S/C18H14O2S.C4HF9O3S/c19-14-6-10-17(11-7-14)21(16-4-2-1-3-5-16)18-12-8-15(20)9-13-18;5-1(6,3(9,10)11)2(7,8)4(12,13)17(14,15)16/h1-13H,(H-,19,20);(H,14,15,16). The molecule has 0 unspecified atom stereocenters. The molecule has 0 saturated carbocycles. The zero-order valence-electron chi connectivity index (χ0n) is 18.3. The van der Waals surface area contributed by atoms with E-state index in [-0.39, 0.29) is 22.4 Å². The maximum Gasteiger partial charge on any atom is 0.460 e. The number of rotatable bonds is 6. The first-order chi connectivity index (χ1) is 17.2. The Morgan fingerprint density at radius 2 is 0.921 bits per heavy atom. The van der Waals surface area contributed by atoms with Crippen LogP contribution < -0.4 is 0 Å². The lowest BCUT2D eigenvalue weighted by molar-refractivity contribution is -0.382. The summed E-state index contributed by atoms with van der Waals surface area (Å²) in [5.74, 6) is -14.3. The average molecular weight is 594 g/mol. The first-order valence-electron chi connectivity index (χ1n) is 9.77. The van der Waals surface area contributed by atoms with Gasteiger partial charge in [0.1, 0.15) is 11.5 Å². The molecule has 16 heteroatoms. The van der Waals surface area contributed by atoms with Crippen LogP contribution in [0.3, 0.4) is 0 Å². The van der Waals surface area contributed by atoms with Crippen LogP contribution in [0.5, 0.6) is 11.5 Å². The highest BCUT2D eigenvalue weighted by molar-refractivity contribution is 7.97. The van der Waals surface area contributed by atoms with Gasteiger partial charge < -0.3 is 14.8 Å². The van der Waals surface area contributed by atoms with Crippen molar-refractivity contribution in [2.24, 2.45) is 0 Å². The molecule has 0 aliphatic carbocycles. The van der Waals surface area contributed by atoms with Crippen LogP contribution >= 0.6 is 0 Å². The summed E-state index contributed by atoms with van der Waals surface area (Å²) in [5, 5.41) is 11.9. The number of benzene rings is 3. The molecule has 0 radical (unpaired) electrons. The van der Waals surface area contributed by atoms with Gasteiger partial charge in [0.25, 0.3) is 0 Å². The number of alkyl halides is 9. The van der Waals surface area contributed by atoms with Gasteiger partial charge in [0.05, 0.1) is 10.9 Å². The maximum atomic E-state index is 12.2. The lowest BCUT2D eigenvalue weighted by atomic mass is 10.1. The van der Waals surface area contributed by atoms with Gasteiger partial charge in [-0.3, -0.25) is 0 Å². The number of halogens is 9. The number of hydrogen-bond acceptors (Lipinski definition) is 5. The molecule has 5 nitrogen and oxygen atoms in total. The Morgan fingerprint density at radius 3 is 1.24 bits per heavy atom. The van der Waals surface area contributed by atoms with Crippen molar-refractivity contribution in [2.45, 2.75) is 38.0 Å². The number of phenolic OH excluding ortho intramolecular Hbond substituents is 2. The van der Waals surface area contributed by atoms with Crippen molar-refractivity contribution in [3.05, 3.63) is 78.9 Å². The van der Waals surface area contributed by atoms with Crippen molar-refractivity contribution in [1.82, 2.24) is 0 Å². The Kier molecular flexibility index (Phi) is 8.96. The molecule has 0 aliphatic rings. The van der Waals surface area contributed by atoms with Gasteiger partial charge in [-0.05, 0) is 60.7 Å². The highest BCUT2D eigenvalue weighted by Crippen LogP contribution is 2.54. The van der Waals surface area contributed by atoms with E-state index in [0.29, 0.717) is 0 Å². The normalized spacial score (nSPS) is 13.1. The minimum absolute atomic E-state index is 0.253. The second-order valence-corrected chi connectivity index (χ2v) is 10.7. The van der Waals surface area contributed by atoms with Crippen molar-refractivity contribution < 1.29 is 62.7 Å². The van der Waals surface area contributed by atoms with Crippen LogP contribution in [0.1, 0.15) is 0 Å². The molecule has 3 rings (SSSR count). The summed E-state index contributed by atoms with van der Waals surface area (Å²) in [6.45, 7) is 0. The molecule has 3 aromatic carbocycles. The summed E-state index contributed by atoms with van der Waals surface area (Å²) in [5.41, 5.74) is 0. The molecule has 0 spiro atoms. The van der Waals surface area contributed by atoms with Crippen LogP contribution in [0.4, 0.5) is 39.5 Å². The van der Waals surface area contributed by atoms with Crippen LogP contribution in [-0.4, -0.2) is 46.5 Å². The largest absolute Gasteiger partial charge is 0.743 e. The molecule has 0 fully saturated rings. The van der Waals surface area contributed by atoms with Crippen molar-refractivity contribution in [3.63, 3.8) is 0 Å². The molecule has 0 saturated heterocycles. The van der Waals surface area contributed by atoms with Gasteiger partial charge in [0.2, 0.25) is 0 Å². The number of aromatic hydroxyl groups is 2. The van der Waals surface area contributed by atoms with E-state index in [2.05, 4.69) is 12.1 Å². The van der Waals surface area contributed by atoms with E-state index in [9.17, 15) is 62.7 Å². The Labute approximate surface area is 212 Å². The van der Waals surface area contributed by atoms with Gasteiger partial charge in [0.15, 0.2) is 24.8 Å². The molecule has 0 aliphatic heterocycles. The Bertz CT molecular complexity index is 1270. The molecule has 208 valence electrons. The molecule has 0 amide bonds. The summed E-state index contributed by atoms with van der Waals surface area (Å²) < 4.78 is 135. The minimum Gasteiger partial charge on any atom is -0.743 e. The fraction of sp³-hybridized carbons (Fsp3) is 0.182. The van der Waals surface area contributed by atoms with Crippen LogP contribution in [-0.2, 0) is 21.0 Å². The average Bonchev–Trinajstić information content (AvgIpc) is 2.81. The second kappa shape index (κ2) is 10.9. The predicted molar refractivity (Wildman–Crippen MR) is 115 cm³/mol. The highest BCUT2D eigenvalue weighted by atomic mass is 32.2. The Morgan fingerprint density at radius 1 is 0.579 bits per heavy atom. The molecule has 0 atom stereocenters. The summed E-state index contributed by atoms with van der Waals surface area (Å²) in [6, 6.07) is 24.8. The quantitative estimate of drug-likeness (QED) is 0.203. The predicted octanol–water partition coefficient (Wildman–Crippen LogP) is 6.15. The lowest BCUT2D eigenvalue weighted by Gasteiger charge is -2.34. The number of phenols is 2. The highest BCUT2D eigenvalue weighted by Gasteiger charge is 2.83. The molecule has 3 aromatic rings. The number of hydrogen-bond donors (Lipinski definition) is 2. The maximum absolute atomic E-state index is 12.2. The third-order valence-corrected chi connectivity index (χ3v) is 7.67. The Hall–Kier alpha value is -3.11. The molecular weight excluding hydrogens is 579 g/mol. The zero-order chi connectivity index (χ0) is 29.2. The Balaban J connectivity index is 0.000000275. The monoisotopic (exact) mass is 594 g/mol. The van der Waals surface area contributed by atoms with Crippen molar-refractivity contribution in [3.8, 4) is 11.5 Å². The van der Waals surface area contributed by atoms with E-state index in [4.69, 9.17) is 0 Å². The van der Waals surface area contributed by atoms with Crippen LogP contribution in [0.2, 0.25) is 0 Å². The van der Waals surface area contributed by atoms with Gasteiger partial charge in [-0.1, -0.05) is 18.2 Å². The fourth-order valence-electron chi connectivity index (χ4n) is 2.65. The molecule has 0 aromatic heterocycles. The minimum atomic E-state index is -7.43. The van der Waals surface area contributed by atoms with Gasteiger partial charge in [-0.2, -0.15) is 39.5 Å². The van der Waals surface area contributed by atoms with Crippen molar-refractivity contribution in [1.29, 1.82) is 0 Å². The van der Waals surface area contributed by atoms with Crippen LogP contribution in [0, 0.1) is 0 Å². The van der Waals surface area contributed by atoms with E-state index in [1.807, 2.05) is 42.5 Å². The van der Waals surface area contributed by atoms with Crippen LogP contribution in [0.25, 0.3) is 0 Å². The summed E-state index contributed by atoms with van der Waals surface area (Å²) in [6.07, 6.45) is -7.16. The molecule has 0 bridgehead atoms. The van der Waals surface area contributed by atoms with E-state index in [0.717, 1.165) is 9.79 Å². The molecule has 38 heavy (non-hydrogen) atoms. The van der Waals surface area contributed by atoms with E-state index in [1.165, 1.54) is 4.90 Å². The van der Waals surface area contributed by atoms with Crippen molar-refractivity contribution >= 4 is 21.0 Å². The van der Waals surface area contributed by atoms with E-state index < -0.39 is 33.4 Å². The topological polar surface area (TPSA) is 97.7 Å². The van der Waals surface area contributed by atoms with E-state index in [1.54, 1.807) is 24.3 Å². The lowest BCUT2D eigenvalue weighted by Crippen LogP contribution is -2.63. The molecule has 2 N–H and O–H groups in total. The third-order valence-electron chi connectivity index (χ3n) is 4.55. The smallest absolute Gasteiger partial charge is 0.460 e. The van der Waals surface area contributed by atoms with Gasteiger partial charge in [-0.15, -0.1) is 0 Å².